The lowest BCUT2D eigenvalue weighted by Gasteiger charge is -2.21. The minimum Gasteiger partial charge on any atom is -0.442 e. The first kappa shape index (κ1) is 18.3. The maximum absolute atomic E-state index is 14.8. The van der Waals surface area contributed by atoms with Gasteiger partial charge >= 0.3 is 6.09 Å². The predicted octanol–water partition coefficient (Wildman–Crippen LogP) is 2.02. The molecule has 2 aliphatic heterocycles. The van der Waals surface area contributed by atoms with Crippen LogP contribution < -0.4 is 15.1 Å². The monoisotopic (exact) mass is 387 g/mol. The zero-order valence-corrected chi connectivity index (χ0v) is 15.8. The molecular formula is C19H22FN5O3. The van der Waals surface area contributed by atoms with E-state index in [2.05, 4.69) is 10.4 Å². The predicted molar refractivity (Wildman–Crippen MR) is 100 cm³/mol. The van der Waals surface area contributed by atoms with Crippen LogP contribution in [0.2, 0.25) is 0 Å². The number of hydrogen-bond donors (Lipinski definition) is 1. The Bertz CT molecular complexity index is 928. The van der Waals surface area contributed by atoms with Crippen LogP contribution in [0.15, 0.2) is 24.4 Å². The molecule has 0 radical (unpaired) electrons. The topological polar surface area (TPSA) is 79.7 Å². The molecule has 0 aliphatic carbocycles. The standard InChI is InChI=1S/C19H22FN5O3/c1-3-25-18-11-23(9-13(18)7-22-25)17-5-4-14(6-16(17)20)24-10-15(28-19(24)27)8-21-12(2)26/h4-7,15H,3,8-11H2,1-2H3,(H,21,26)/t15-/m0/s1. The van der Waals surface area contributed by atoms with Crippen molar-refractivity contribution in [2.24, 2.45) is 0 Å². The lowest BCUT2D eigenvalue weighted by atomic mass is 10.2. The van der Waals surface area contributed by atoms with Crippen LogP contribution in [0.25, 0.3) is 0 Å². The van der Waals surface area contributed by atoms with E-state index < -0.39 is 18.0 Å². The molecule has 0 unspecified atom stereocenters. The van der Waals surface area contributed by atoms with Gasteiger partial charge in [0.05, 0.1) is 42.9 Å². The molecule has 8 nitrogen and oxygen atoms in total. The van der Waals surface area contributed by atoms with Gasteiger partial charge in [0.2, 0.25) is 5.91 Å². The number of aromatic nitrogens is 2. The summed E-state index contributed by atoms with van der Waals surface area (Å²) in [5, 5.41) is 6.95. The number of anilines is 2. The number of nitrogens with zero attached hydrogens (tertiary/aromatic N) is 4. The summed E-state index contributed by atoms with van der Waals surface area (Å²) < 4.78 is 22.0. The third-order valence-corrected chi connectivity index (χ3v) is 5.07. The number of hydrogen-bond acceptors (Lipinski definition) is 5. The van der Waals surface area contributed by atoms with Gasteiger partial charge in [-0.25, -0.2) is 9.18 Å². The van der Waals surface area contributed by atoms with Gasteiger partial charge < -0.3 is 15.0 Å². The molecule has 1 aromatic carbocycles. The Labute approximate surface area is 161 Å². The van der Waals surface area contributed by atoms with Crippen molar-refractivity contribution in [1.29, 1.82) is 0 Å². The molecule has 2 aromatic rings. The number of carbonyl (C=O) groups is 2. The Hall–Kier alpha value is -3.10. The van der Waals surface area contributed by atoms with Crippen molar-refractivity contribution in [3.05, 3.63) is 41.5 Å². The van der Waals surface area contributed by atoms with Crippen LogP contribution in [0.5, 0.6) is 0 Å². The van der Waals surface area contributed by atoms with Crippen LogP contribution in [0.1, 0.15) is 25.1 Å². The van der Waals surface area contributed by atoms with Gasteiger partial charge in [-0.05, 0) is 25.1 Å². The van der Waals surface area contributed by atoms with Crippen LogP contribution in [-0.4, -0.2) is 41.0 Å². The third kappa shape index (κ3) is 3.28. The fourth-order valence-corrected chi connectivity index (χ4v) is 3.67. The molecule has 4 rings (SSSR count). The summed E-state index contributed by atoms with van der Waals surface area (Å²) in [7, 11) is 0. The van der Waals surface area contributed by atoms with Crippen molar-refractivity contribution in [3.63, 3.8) is 0 Å². The van der Waals surface area contributed by atoms with E-state index >= 15 is 0 Å². The summed E-state index contributed by atoms with van der Waals surface area (Å²) in [5.74, 6) is -0.584. The van der Waals surface area contributed by atoms with Gasteiger partial charge in [0.15, 0.2) is 0 Å². The highest BCUT2D eigenvalue weighted by Crippen LogP contribution is 2.33. The second-order valence-corrected chi connectivity index (χ2v) is 6.98. The van der Waals surface area contributed by atoms with Gasteiger partial charge in [-0.3, -0.25) is 14.4 Å². The van der Waals surface area contributed by atoms with Crippen molar-refractivity contribution in [2.75, 3.05) is 22.9 Å². The molecule has 2 aliphatic rings. The first-order chi connectivity index (χ1) is 13.5. The number of nitrogens with one attached hydrogen (secondary N) is 1. The van der Waals surface area contributed by atoms with Crippen molar-refractivity contribution in [2.45, 2.75) is 39.6 Å². The zero-order chi connectivity index (χ0) is 19.8. The minimum absolute atomic E-state index is 0.192. The Morgan fingerprint density at radius 1 is 1.39 bits per heavy atom. The molecule has 2 amide bonds. The fourth-order valence-electron chi connectivity index (χ4n) is 3.67. The third-order valence-electron chi connectivity index (χ3n) is 5.07. The molecule has 1 N–H and O–H groups in total. The van der Waals surface area contributed by atoms with Crippen molar-refractivity contribution >= 4 is 23.4 Å². The van der Waals surface area contributed by atoms with Crippen molar-refractivity contribution in [3.8, 4) is 0 Å². The summed E-state index contributed by atoms with van der Waals surface area (Å²) in [6.07, 6.45) is 0.837. The Morgan fingerprint density at radius 2 is 2.21 bits per heavy atom. The highest BCUT2D eigenvalue weighted by Gasteiger charge is 2.33. The number of fused-ring (bicyclic) bond motifs is 1. The summed E-state index contributed by atoms with van der Waals surface area (Å²) in [6.45, 7) is 5.91. The van der Waals surface area contributed by atoms with Gasteiger partial charge in [0.25, 0.3) is 0 Å². The van der Waals surface area contributed by atoms with Crippen LogP contribution in [-0.2, 0) is 29.2 Å². The molecule has 1 fully saturated rings. The number of benzene rings is 1. The number of amides is 2. The average Bonchev–Trinajstić information content (AvgIpc) is 3.33. The second-order valence-electron chi connectivity index (χ2n) is 6.98. The summed E-state index contributed by atoms with van der Waals surface area (Å²) >= 11 is 0. The molecule has 0 bridgehead atoms. The number of rotatable bonds is 5. The van der Waals surface area contributed by atoms with E-state index in [9.17, 15) is 14.0 Å². The van der Waals surface area contributed by atoms with Crippen LogP contribution in [0, 0.1) is 5.82 Å². The van der Waals surface area contributed by atoms with Crippen LogP contribution in [0.3, 0.4) is 0 Å². The number of carbonyl (C=O) groups excluding carboxylic acids is 2. The van der Waals surface area contributed by atoms with Gasteiger partial charge in [-0.15, -0.1) is 0 Å². The smallest absolute Gasteiger partial charge is 0.414 e. The Balaban J connectivity index is 1.47. The number of aryl methyl sites for hydroxylation is 1. The molecule has 28 heavy (non-hydrogen) atoms. The first-order valence-corrected chi connectivity index (χ1v) is 9.27. The maximum Gasteiger partial charge on any atom is 0.414 e. The van der Waals surface area contributed by atoms with E-state index in [1.54, 1.807) is 12.1 Å². The van der Waals surface area contributed by atoms with Crippen molar-refractivity contribution < 1.29 is 18.7 Å². The molecular weight excluding hydrogens is 365 g/mol. The highest BCUT2D eigenvalue weighted by molar-refractivity contribution is 5.90. The number of halogens is 1. The molecule has 1 atom stereocenters. The van der Waals surface area contributed by atoms with E-state index in [4.69, 9.17) is 4.74 Å². The molecule has 148 valence electrons. The maximum atomic E-state index is 14.8. The molecule has 0 spiro atoms. The van der Waals surface area contributed by atoms with E-state index in [1.807, 2.05) is 22.7 Å². The Morgan fingerprint density at radius 3 is 2.93 bits per heavy atom. The van der Waals surface area contributed by atoms with Crippen molar-refractivity contribution in [1.82, 2.24) is 15.1 Å². The lowest BCUT2D eigenvalue weighted by Crippen LogP contribution is -2.33. The average molecular weight is 387 g/mol. The van der Waals surface area contributed by atoms with Gasteiger partial charge in [-0.2, -0.15) is 5.10 Å². The van der Waals surface area contributed by atoms with Gasteiger partial charge in [0, 0.05) is 25.6 Å². The quantitative estimate of drug-likeness (QED) is 0.849. The number of ether oxygens (including phenoxy) is 1. The first-order valence-electron chi connectivity index (χ1n) is 9.27. The van der Waals surface area contributed by atoms with Crippen LogP contribution >= 0.6 is 0 Å². The highest BCUT2D eigenvalue weighted by atomic mass is 19.1. The van der Waals surface area contributed by atoms with E-state index in [1.165, 1.54) is 17.9 Å². The van der Waals surface area contributed by atoms with Gasteiger partial charge in [-0.1, -0.05) is 0 Å². The normalized spacial score (nSPS) is 18.4. The molecule has 1 aromatic heterocycles. The summed E-state index contributed by atoms with van der Waals surface area (Å²) in [6, 6.07) is 4.76. The Kier molecular flexibility index (Phi) is 4.66. The molecule has 3 heterocycles. The summed E-state index contributed by atoms with van der Waals surface area (Å²) in [5.41, 5.74) is 3.14. The fraction of sp³-hybridized carbons (Fsp3) is 0.421. The lowest BCUT2D eigenvalue weighted by molar-refractivity contribution is -0.119. The largest absolute Gasteiger partial charge is 0.442 e. The molecule has 9 heteroatoms. The van der Waals surface area contributed by atoms with Gasteiger partial charge in [0.1, 0.15) is 11.9 Å². The second kappa shape index (κ2) is 7.14. The van der Waals surface area contributed by atoms with Crippen LogP contribution in [0.4, 0.5) is 20.6 Å². The van der Waals surface area contributed by atoms with E-state index in [0.717, 1.165) is 17.8 Å². The zero-order valence-electron chi connectivity index (χ0n) is 15.8. The minimum atomic E-state index is -0.542. The van der Waals surface area contributed by atoms with E-state index in [0.29, 0.717) is 24.5 Å². The molecule has 0 saturated carbocycles. The summed E-state index contributed by atoms with van der Waals surface area (Å²) in [4.78, 5) is 26.5. The van der Waals surface area contributed by atoms with E-state index in [-0.39, 0.29) is 19.0 Å². The number of cyclic esters (lactones) is 1. The molecule has 1 saturated heterocycles. The SMILES string of the molecule is CCn1ncc2c1CN(c1ccc(N3C[C@H](CNC(C)=O)OC3=O)cc1F)C2.